The Morgan fingerprint density at radius 3 is 2.57 bits per heavy atom. The highest BCUT2D eigenvalue weighted by molar-refractivity contribution is 5.93. The van der Waals surface area contributed by atoms with Gasteiger partial charge in [-0.15, -0.1) is 0 Å². The summed E-state index contributed by atoms with van der Waals surface area (Å²) in [7, 11) is 3.22. The molecule has 0 aliphatic carbocycles. The smallest absolute Gasteiger partial charge is 0.250 e. The van der Waals surface area contributed by atoms with Crippen molar-refractivity contribution in [2.24, 2.45) is 4.99 Å². The Balaban J connectivity index is 1.92. The number of anilines is 1. The molecule has 7 heteroatoms. The highest BCUT2D eigenvalue weighted by Crippen LogP contribution is 2.29. The lowest BCUT2D eigenvalue weighted by molar-refractivity contribution is 0.355. The van der Waals surface area contributed by atoms with E-state index in [-0.39, 0.29) is 5.56 Å². The zero-order valence-electron chi connectivity index (χ0n) is 17.1. The van der Waals surface area contributed by atoms with Crippen LogP contribution in [0.5, 0.6) is 11.5 Å². The molecule has 0 aliphatic heterocycles. The van der Waals surface area contributed by atoms with Crippen LogP contribution in [-0.2, 0) is 6.54 Å². The first-order valence-electron chi connectivity index (χ1n) is 9.52. The Bertz CT molecular complexity index is 846. The van der Waals surface area contributed by atoms with E-state index in [9.17, 15) is 4.79 Å². The van der Waals surface area contributed by atoms with Crippen LogP contribution >= 0.6 is 0 Å². The van der Waals surface area contributed by atoms with E-state index in [1.54, 1.807) is 30.9 Å². The fourth-order valence-electron chi connectivity index (χ4n) is 2.84. The first-order chi connectivity index (χ1) is 13.6. The predicted molar refractivity (Wildman–Crippen MR) is 114 cm³/mol. The largest absolute Gasteiger partial charge is 0.493 e. The molecular weight excluding hydrogens is 356 g/mol. The molecule has 2 aromatic rings. The fraction of sp³-hybridized carbons (Fsp3) is 0.429. The van der Waals surface area contributed by atoms with Crippen LogP contribution < -0.4 is 25.7 Å². The first kappa shape index (κ1) is 21.3. The molecule has 0 unspecified atom stereocenters. The van der Waals surface area contributed by atoms with E-state index in [1.165, 1.54) is 0 Å². The van der Waals surface area contributed by atoms with E-state index in [0.717, 1.165) is 30.8 Å². The number of aromatic nitrogens is 1. The van der Waals surface area contributed by atoms with Crippen molar-refractivity contribution in [3.8, 4) is 11.5 Å². The molecule has 1 aromatic heterocycles. The maximum Gasteiger partial charge on any atom is 0.250 e. The second kappa shape index (κ2) is 11.0. The molecular formula is C21H30N4O3. The maximum absolute atomic E-state index is 11.9. The quantitative estimate of drug-likeness (QED) is 0.394. The molecule has 2 N–H and O–H groups in total. The standard InChI is InChI=1S/C21H30N4O3/c1-5-22-21(24-17-11-12-18(27-3)19(15-17)28-4)23-13-6-7-14-25-16(2)9-8-10-20(25)26/h8-12,15H,5-7,13-14H2,1-4H3,(H2,22,23,24). The minimum atomic E-state index is 0.0481. The summed E-state index contributed by atoms with van der Waals surface area (Å²) in [6.45, 7) is 6.12. The van der Waals surface area contributed by atoms with E-state index < -0.39 is 0 Å². The summed E-state index contributed by atoms with van der Waals surface area (Å²) in [6.07, 6.45) is 1.79. The van der Waals surface area contributed by atoms with Gasteiger partial charge in [-0.1, -0.05) is 6.07 Å². The Morgan fingerprint density at radius 1 is 1.11 bits per heavy atom. The average Bonchev–Trinajstić information content (AvgIpc) is 2.69. The highest BCUT2D eigenvalue weighted by atomic mass is 16.5. The van der Waals surface area contributed by atoms with Gasteiger partial charge in [0, 0.05) is 43.1 Å². The predicted octanol–water partition coefficient (Wildman–Crippen LogP) is 3.03. The second-order valence-electron chi connectivity index (χ2n) is 6.32. The first-order valence-corrected chi connectivity index (χ1v) is 9.52. The van der Waals surface area contributed by atoms with Gasteiger partial charge >= 0.3 is 0 Å². The zero-order chi connectivity index (χ0) is 20.4. The summed E-state index contributed by atoms with van der Waals surface area (Å²) in [5.41, 5.74) is 1.90. The number of nitrogens with zero attached hydrogens (tertiary/aromatic N) is 2. The van der Waals surface area contributed by atoms with Crippen LogP contribution in [0, 0.1) is 6.92 Å². The average molecular weight is 386 g/mol. The fourth-order valence-corrected chi connectivity index (χ4v) is 2.84. The van der Waals surface area contributed by atoms with Gasteiger partial charge in [-0.3, -0.25) is 9.79 Å². The van der Waals surface area contributed by atoms with Gasteiger partial charge in [-0.25, -0.2) is 0 Å². The third-order valence-electron chi connectivity index (χ3n) is 4.32. The molecule has 0 aliphatic rings. The van der Waals surface area contributed by atoms with Crippen molar-refractivity contribution in [1.82, 2.24) is 9.88 Å². The van der Waals surface area contributed by atoms with Crippen LogP contribution in [0.2, 0.25) is 0 Å². The van der Waals surface area contributed by atoms with Crippen LogP contribution in [0.1, 0.15) is 25.5 Å². The number of rotatable bonds is 9. The summed E-state index contributed by atoms with van der Waals surface area (Å²) in [6, 6.07) is 11.0. The number of aryl methyl sites for hydroxylation is 1. The summed E-state index contributed by atoms with van der Waals surface area (Å²) < 4.78 is 12.4. The highest BCUT2D eigenvalue weighted by Gasteiger charge is 2.06. The van der Waals surface area contributed by atoms with Crippen molar-refractivity contribution in [1.29, 1.82) is 0 Å². The third kappa shape index (κ3) is 6.04. The molecule has 0 atom stereocenters. The van der Waals surface area contributed by atoms with Crippen molar-refractivity contribution in [2.75, 3.05) is 32.6 Å². The summed E-state index contributed by atoms with van der Waals surface area (Å²) in [5.74, 6) is 2.05. The third-order valence-corrected chi connectivity index (χ3v) is 4.32. The molecule has 7 nitrogen and oxygen atoms in total. The van der Waals surface area contributed by atoms with Gasteiger partial charge in [-0.05, 0) is 44.9 Å². The number of benzene rings is 1. The minimum Gasteiger partial charge on any atom is -0.493 e. The molecule has 152 valence electrons. The molecule has 0 amide bonds. The molecule has 0 bridgehead atoms. The van der Waals surface area contributed by atoms with Crippen LogP contribution in [0.15, 0.2) is 46.2 Å². The molecule has 0 saturated carbocycles. The van der Waals surface area contributed by atoms with E-state index in [2.05, 4.69) is 15.6 Å². The topological polar surface area (TPSA) is 76.9 Å². The van der Waals surface area contributed by atoms with Crippen LogP contribution in [-0.4, -0.2) is 37.8 Å². The maximum atomic E-state index is 11.9. The minimum absolute atomic E-state index is 0.0481. The SMILES string of the molecule is CCNC(=NCCCCn1c(C)cccc1=O)Nc1ccc(OC)c(OC)c1. The Kier molecular flexibility index (Phi) is 8.39. The van der Waals surface area contributed by atoms with Crippen molar-refractivity contribution >= 4 is 11.6 Å². The lowest BCUT2D eigenvalue weighted by Crippen LogP contribution is -2.30. The summed E-state index contributed by atoms with van der Waals surface area (Å²) in [4.78, 5) is 16.5. The summed E-state index contributed by atoms with van der Waals surface area (Å²) >= 11 is 0. The molecule has 1 aromatic carbocycles. The zero-order valence-corrected chi connectivity index (χ0v) is 17.1. The molecule has 0 radical (unpaired) electrons. The second-order valence-corrected chi connectivity index (χ2v) is 6.32. The lowest BCUT2D eigenvalue weighted by Gasteiger charge is -2.14. The Morgan fingerprint density at radius 2 is 1.89 bits per heavy atom. The van der Waals surface area contributed by atoms with Gasteiger partial charge < -0.3 is 24.7 Å². The van der Waals surface area contributed by atoms with Crippen molar-refractivity contribution in [3.05, 3.63) is 52.4 Å². The van der Waals surface area contributed by atoms with E-state index in [4.69, 9.17) is 9.47 Å². The molecule has 1 heterocycles. The van der Waals surface area contributed by atoms with Gasteiger partial charge in [0.15, 0.2) is 17.5 Å². The number of methoxy groups -OCH3 is 2. The molecule has 0 saturated heterocycles. The normalized spacial score (nSPS) is 11.2. The molecule has 0 fully saturated rings. The van der Waals surface area contributed by atoms with Gasteiger partial charge in [-0.2, -0.15) is 0 Å². The number of ether oxygens (including phenoxy) is 2. The number of hydrogen-bond donors (Lipinski definition) is 2. The number of pyridine rings is 1. The number of aliphatic imine (C=N–C) groups is 1. The Labute approximate surface area is 166 Å². The van der Waals surface area contributed by atoms with Crippen LogP contribution in [0.4, 0.5) is 5.69 Å². The Hall–Kier alpha value is -2.96. The van der Waals surface area contributed by atoms with E-state index >= 15 is 0 Å². The lowest BCUT2D eigenvalue weighted by atomic mass is 10.2. The van der Waals surface area contributed by atoms with Gasteiger partial charge in [0.05, 0.1) is 14.2 Å². The number of nitrogens with one attached hydrogen (secondary N) is 2. The number of unbranched alkanes of at least 4 members (excludes halogenated alkanes) is 1. The van der Waals surface area contributed by atoms with Crippen molar-refractivity contribution in [3.63, 3.8) is 0 Å². The molecule has 28 heavy (non-hydrogen) atoms. The van der Waals surface area contributed by atoms with Crippen LogP contribution in [0.3, 0.4) is 0 Å². The molecule has 2 rings (SSSR count). The van der Waals surface area contributed by atoms with Gasteiger partial charge in [0.25, 0.3) is 5.56 Å². The van der Waals surface area contributed by atoms with Gasteiger partial charge in [0.1, 0.15) is 0 Å². The number of hydrogen-bond acceptors (Lipinski definition) is 4. The molecule has 0 spiro atoms. The monoisotopic (exact) mass is 386 g/mol. The van der Waals surface area contributed by atoms with Crippen molar-refractivity contribution < 1.29 is 9.47 Å². The van der Waals surface area contributed by atoms with Gasteiger partial charge in [0.2, 0.25) is 0 Å². The summed E-state index contributed by atoms with van der Waals surface area (Å²) in [5, 5.41) is 6.52. The number of guanidine groups is 1. The van der Waals surface area contributed by atoms with E-state index in [1.807, 2.05) is 38.1 Å². The van der Waals surface area contributed by atoms with E-state index in [0.29, 0.717) is 30.5 Å². The van der Waals surface area contributed by atoms with Crippen LogP contribution in [0.25, 0.3) is 0 Å². The van der Waals surface area contributed by atoms with Crippen molar-refractivity contribution in [2.45, 2.75) is 33.2 Å².